The van der Waals surface area contributed by atoms with Crippen LogP contribution in [0, 0.1) is 46.4 Å². The molecule has 0 aliphatic heterocycles. The van der Waals surface area contributed by atoms with Crippen molar-refractivity contribution in [2.45, 2.75) is 72.6 Å². The van der Waals surface area contributed by atoms with Crippen LogP contribution in [0.3, 0.4) is 0 Å². The Labute approximate surface area is 375 Å². The van der Waals surface area contributed by atoms with Gasteiger partial charge in [0.2, 0.25) is 5.89 Å². The van der Waals surface area contributed by atoms with E-state index in [1.165, 1.54) is 17.7 Å². The highest BCUT2D eigenvalue weighted by molar-refractivity contribution is 7.10. The summed E-state index contributed by atoms with van der Waals surface area (Å²) in [7, 11) is 0. The first-order chi connectivity index (χ1) is 30.9. The molecule has 0 amide bonds. The molecule has 6 heterocycles. The predicted molar refractivity (Wildman–Crippen MR) is 241 cm³/mol. The van der Waals surface area contributed by atoms with E-state index in [0.29, 0.717) is 53.8 Å². The maximum Gasteiger partial charge on any atom is 0.227 e. The summed E-state index contributed by atoms with van der Waals surface area (Å²) in [6, 6.07) is 20.6. The number of aryl methyl sites for hydroxylation is 1. The lowest BCUT2D eigenvalue weighted by atomic mass is 9.75. The standard InChI is InChI=1S/C20H14N2O2.C16H14N2O2.C16H14N2OS/c23-19-8-4-7-18-17(19)12-10-15(22-18)9-11-16-13-21-20(24-16)14-5-2-1-3-6-14;2*1-16(2)7-14-13(15(19)8-16)6-4-11(18-14)3-5-12-9-17-10-20-12/h1-3,5-6,10,12-13H,4,7-8H2;2*4,6,9-10H,7-8H2,1-2H3. The Morgan fingerprint density at radius 1 is 0.562 bits per heavy atom. The first-order valence-corrected chi connectivity index (χ1v) is 21.7. The molecule has 12 heteroatoms. The average Bonchev–Trinajstić information content (AvgIpc) is 4.09. The third kappa shape index (κ3) is 10.9. The van der Waals surface area contributed by atoms with E-state index in [4.69, 9.17) is 8.83 Å². The molecule has 11 nitrogen and oxygen atoms in total. The van der Waals surface area contributed by atoms with Gasteiger partial charge in [-0.25, -0.2) is 24.9 Å². The fourth-order valence-corrected chi connectivity index (χ4v) is 8.02. The van der Waals surface area contributed by atoms with Crippen molar-refractivity contribution < 1.29 is 23.2 Å². The number of ketones is 3. The topological polar surface area (TPSA) is 155 Å². The van der Waals surface area contributed by atoms with Gasteiger partial charge in [0.1, 0.15) is 17.1 Å². The van der Waals surface area contributed by atoms with E-state index in [0.717, 1.165) is 69.9 Å². The molecule has 3 aliphatic rings. The number of rotatable bonds is 1. The van der Waals surface area contributed by atoms with Gasteiger partial charge in [0.05, 0.1) is 46.1 Å². The molecule has 0 saturated carbocycles. The normalized spacial score (nSPS) is 15.0. The Kier molecular flexibility index (Phi) is 12.7. The molecule has 0 bridgehead atoms. The number of carbonyl (C=O) groups excluding carboxylic acids is 3. The van der Waals surface area contributed by atoms with Crippen molar-refractivity contribution in [3.8, 4) is 47.0 Å². The van der Waals surface area contributed by atoms with E-state index in [1.807, 2.05) is 54.6 Å². The number of aromatic nitrogens is 6. The fraction of sp³-hybridized carbons (Fsp3) is 0.250. The zero-order chi connectivity index (χ0) is 44.7. The van der Waals surface area contributed by atoms with E-state index in [1.54, 1.807) is 36.2 Å². The lowest BCUT2D eigenvalue weighted by Crippen LogP contribution is -2.28. The lowest BCUT2D eigenvalue weighted by Gasteiger charge is -2.29. The van der Waals surface area contributed by atoms with Gasteiger partial charge in [0.15, 0.2) is 35.3 Å². The van der Waals surface area contributed by atoms with Crippen molar-refractivity contribution in [3.63, 3.8) is 0 Å². The van der Waals surface area contributed by atoms with E-state index in [2.05, 4.69) is 93.1 Å². The second kappa shape index (κ2) is 18.8. The van der Waals surface area contributed by atoms with Gasteiger partial charge >= 0.3 is 0 Å². The third-order valence-electron chi connectivity index (χ3n) is 10.5. The van der Waals surface area contributed by atoms with Crippen molar-refractivity contribution in [1.82, 2.24) is 29.9 Å². The summed E-state index contributed by atoms with van der Waals surface area (Å²) < 4.78 is 10.7. The molecule has 7 aromatic rings. The Morgan fingerprint density at radius 2 is 1.14 bits per heavy atom. The monoisotopic (exact) mass is 862 g/mol. The minimum Gasteiger partial charge on any atom is -0.435 e. The zero-order valence-electron chi connectivity index (χ0n) is 35.8. The molecule has 0 atom stereocenters. The summed E-state index contributed by atoms with van der Waals surface area (Å²) in [5, 5.41) is 0. The number of fused-ring (bicyclic) bond motifs is 3. The van der Waals surface area contributed by atoms with Crippen LogP contribution in [0.2, 0.25) is 0 Å². The van der Waals surface area contributed by atoms with Crippen LogP contribution in [0.1, 0.15) is 135 Å². The number of oxazole rings is 2. The van der Waals surface area contributed by atoms with Crippen LogP contribution < -0.4 is 0 Å². The van der Waals surface area contributed by atoms with Crippen molar-refractivity contribution in [1.29, 1.82) is 0 Å². The van der Waals surface area contributed by atoms with Crippen molar-refractivity contribution in [2.75, 3.05) is 0 Å². The Hall–Kier alpha value is -7.59. The molecule has 6 aromatic heterocycles. The number of thiazole rings is 1. The lowest BCUT2D eigenvalue weighted by molar-refractivity contribution is 0.0900. The van der Waals surface area contributed by atoms with Gasteiger partial charge in [-0.2, -0.15) is 0 Å². The maximum absolute atomic E-state index is 12.1. The summed E-state index contributed by atoms with van der Waals surface area (Å²) in [4.78, 5) is 62.4. The number of pyridine rings is 3. The van der Waals surface area contributed by atoms with Gasteiger partial charge in [-0.1, -0.05) is 45.9 Å². The molecule has 316 valence electrons. The highest BCUT2D eigenvalue weighted by Gasteiger charge is 2.33. The molecular formula is C52H42N6O5S. The average molecular weight is 863 g/mol. The minimum atomic E-state index is -0.0337. The first-order valence-electron chi connectivity index (χ1n) is 20.8. The van der Waals surface area contributed by atoms with E-state index in [-0.39, 0.29) is 28.2 Å². The smallest absolute Gasteiger partial charge is 0.227 e. The molecule has 0 N–H and O–H groups in total. The van der Waals surface area contributed by atoms with Gasteiger partial charge in [0.25, 0.3) is 0 Å². The maximum atomic E-state index is 12.1. The van der Waals surface area contributed by atoms with E-state index < -0.39 is 0 Å². The highest BCUT2D eigenvalue weighted by Crippen LogP contribution is 2.35. The Morgan fingerprint density at radius 3 is 1.72 bits per heavy atom. The number of hydrogen-bond donors (Lipinski definition) is 0. The quantitative estimate of drug-likeness (QED) is 0.145. The molecule has 64 heavy (non-hydrogen) atoms. The highest BCUT2D eigenvalue weighted by atomic mass is 32.1. The van der Waals surface area contributed by atoms with Crippen LogP contribution in [-0.4, -0.2) is 47.3 Å². The molecule has 0 radical (unpaired) electrons. The molecular weight excluding hydrogens is 821 g/mol. The fourth-order valence-electron chi connectivity index (χ4n) is 7.56. The van der Waals surface area contributed by atoms with Gasteiger partial charge < -0.3 is 8.83 Å². The predicted octanol–water partition coefficient (Wildman–Crippen LogP) is 9.37. The molecule has 3 aliphatic carbocycles. The SMILES string of the molecule is CC1(C)CC(=O)c2ccc(C#Cc3cnco3)nc2C1.CC1(C)CC(=O)c2ccc(C#Cc3cncs3)nc2C1.O=C1CCCc2nc(C#Cc3cnc(-c4ccccc4)o3)ccc21. The van der Waals surface area contributed by atoms with Gasteiger partial charge in [-0.15, -0.1) is 11.3 Å². The Balaban J connectivity index is 0.000000132. The largest absolute Gasteiger partial charge is 0.435 e. The van der Waals surface area contributed by atoms with Crippen molar-refractivity contribution in [3.05, 3.63) is 164 Å². The summed E-state index contributed by atoms with van der Waals surface area (Å²) in [6.45, 7) is 8.38. The van der Waals surface area contributed by atoms with E-state index >= 15 is 0 Å². The first kappa shape index (κ1) is 43.1. The summed E-state index contributed by atoms with van der Waals surface area (Å²) >= 11 is 1.50. The molecule has 0 spiro atoms. The summed E-state index contributed by atoms with van der Waals surface area (Å²) in [6.07, 6.45) is 11.3. The second-order valence-electron chi connectivity index (χ2n) is 17.1. The number of nitrogens with zero attached hydrogens (tertiary/aromatic N) is 6. The van der Waals surface area contributed by atoms with Crippen LogP contribution in [0.15, 0.2) is 106 Å². The number of benzene rings is 1. The van der Waals surface area contributed by atoms with E-state index in [9.17, 15) is 14.4 Å². The number of hydrogen-bond acceptors (Lipinski definition) is 12. The number of carbonyl (C=O) groups is 3. The van der Waals surface area contributed by atoms with Crippen molar-refractivity contribution >= 4 is 28.7 Å². The van der Waals surface area contributed by atoms with Gasteiger partial charge in [-0.3, -0.25) is 19.4 Å². The van der Waals surface area contributed by atoms with Crippen LogP contribution in [0.25, 0.3) is 11.5 Å². The summed E-state index contributed by atoms with van der Waals surface area (Å²) in [5.41, 5.74) is 9.41. The van der Waals surface area contributed by atoms with Gasteiger partial charge in [-0.05, 0) is 121 Å². The number of Topliss-reactive ketones (excluding diaryl/α,β-unsaturated/α-hetero) is 3. The molecule has 0 saturated heterocycles. The second-order valence-corrected chi connectivity index (χ2v) is 18.0. The zero-order valence-corrected chi connectivity index (χ0v) is 36.6. The van der Waals surface area contributed by atoms with Crippen LogP contribution >= 0.6 is 11.3 Å². The van der Waals surface area contributed by atoms with Crippen molar-refractivity contribution in [2.24, 2.45) is 10.8 Å². The van der Waals surface area contributed by atoms with Crippen LogP contribution in [0.4, 0.5) is 0 Å². The van der Waals surface area contributed by atoms with Gasteiger partial charge in [0, 0.05) is 41.5 Å². The van der Waals surface area contributed by atoms with Crippen LogP contribution in [0.5, 0.6) is 0 Å². The molecule has 0 fully saturated rings. The Bertz CT molecular complexity index is 2930. The third-order valence-corrected chi connectivity index (χ3v) is 11.2. The van der Waals surface area contributed by atoms with Crippen LogP contribution in [-0.2, 0) is 19.3 Å². The molecule has 10 rings (SSSR count). The minimum absolute atomic E-state index is 0.0131. The summed E-state index contributed by atoms with van der Waals surface area (Å²) in [5.74, 6) is 19.8. The molecule has 0 unspecified atom stereocenters. The molecule has 1 aromatic carbocycles.